The average Bonchev–Trinajstić information content (AvgIpc) is 2.44. The van der Waals surface area contributed by atoms with Gasteiger partial charge in [0.15, 0.2) is 0 Å². The summed E-state index contributed by atoms with van der Waals surface area (Å²) in [5.41, 5.74) is 1.82. The first kappa shape index (κ1) is 15.2. The Labute approximate surface area is 114 Å². The van der Waals surface area contributed by atoms with E-state index in [4.69, 9.17) is 4.74 Å². The molecule has 0 saturated heterocycles. The minimum atomic E-state index is -0.565. The van der Waals surface area contributed by atoms with Crippen molar-refractivity contribution in [1.29, 1.82) is 0 Å². The Balaban J connectivity index is 3.10. The molecule has 1 rings (SSSR count). The molecular formula is C15H21NO3. The van der Waals surface area contributed by atoms with Gasteiger partial charge in [-0.1, -0.05) is 32.0 Å². The Morgan fingerprint density at radius 3 is 2.53 bits per heavy atom. The molecule has 4 heteroatoms. The zero-order valence-electron chi connectivity index (χ0n) is 11.8. The molecule has 0 aliphatic heterocycles. The molecule has 0 heterocycles. The van der Waals surface area contributed by atoms with Gasteiger partial charge in [-0.15, -0.1) is 0 Å². The molecule has 1 atom stereocenters. The second kappa shape index (κ2) is 7.56. The maximum absolute atomic E-state index is 11.9. The van der Waals surface area contributed by atoms with E-state index in [0.717, 1.165) is 17.7 Å². The minimum Gasteiger partial charge on any atom is -0.464 e. The number of esters is 1. The van der Waals surface area contributed by atoms with Gasteiger partial charge in [0.25, 0.3) is 0 Å². The van der Waals surface area contributed by atoms with E-state index in [2.05, 4.69) is 0 Å². The lowest BCUT2D eigenvalue weighted by Gasteiger charge is -2.27. The van der Waals surface area contributed by atoms with Crippen molar-refractivity contribution < 1.29 is 14.3 Å². The summed E-state index contributed by atoms with van der Waals surface area (Å²) in [4.78, 5) is 24.8. The van der Waals surface area contributed by atoms with Crippen molar-refractivity contribution in [2.24, 2.45) is 0 Å². The van der Waals surface area contributed by atoms with Crippen LogP contribution in [0.25, 0.3) is 0 Å². The molecule has 0 fully saturated rings. The molecule has 1 unspecified atom stereocenters. The number of aryl methyl sites for hydroxylation is 1. The number of carbonyl (C=O) groups excluding carboxylic acids is 2. The molecule has 19 heavy (non-hydrogen) atoms. The minimum absolute atomic E-state index is 0.317. The van der Waals surface area contributed by atoms with Crippen LogP contribution >= 0.6 is 0 Å². The van der Waals surface area contributed by atoms with Crippen LogP contribution in [0.1, 0.15) is 32.8 Å². The predicted molar refractivity (Wildman–Crippen MR) is 75.1 cm³/mol. The fraction of sp³-hybridized carbons (Fsp3) is 0.467. The van der Waals surface area contributed by atoms with E-state index in [9.17, 15) is 9.59 Å². The highest BCUT2D eigenvalue weighted by Gasteiger charge is 2.26. The molecule has 0 aliphatic carbocycles. The van der Waals surface area contributed by atoms with E-state index >= 15 is 0 Å². The molecule has 0 aromatic heterocycles. The van der Waals surface area contributed by atoms with Crippen LogP contribution in [-0.2, 0) is 20.7 Å². The summed E-state index contributed by atoms with van der Waals surface area (Å²) in [6.07, 6.45) is 2.04. The van der Waals surface area contributed by atoms with Crippen LogP contribution in [0.5, 0.6) is 0 Å². The number of nitrogens with zero attached hydrogens (tertiary/aromatic N) is 1. The number of para-hydroxylation sites is 1. The van der Waals surface area contributed by atoms with Gasteiger partial charge in [0.1, 0.15) is 6.04 Å². The number of anilines is 1. The summed E-state index contributed by atoms with van der Waals surface area (Å²) in [5, 5.41) is 0. The summed E-state index contributed by atoms with van der Waals surface area (Å²) in [5.74, 6) is -0.358. The quantitative estimate of drug-likeness (QED) is 0.561. The maximum atomic E-state index is 11.9. The van der Waals surface area contributed by atoms with Crippen LogP contribution in [-0.4, -0.2) is 25.0 Å². The van der Waals surface area contributed by atoms with E-state index in [-0.39, 0.29) is 5.97 Å². The van der Waals surface area contributed by atoms with Gasteiger partial charge in [-0.2, -0.15) is 0 Å². The van der Waals surface area contributed by atoms with E-state index in [0.29, 0.717) is 19.4 Å². The molecule has 0 aliphatic rings. The van der Waals surface area contributed by atoms with Crippen LogP contribution < -0.4 is 4.90 Å². The zero-order valence-corrected chi connectivity index (χ0v) is 11.8. The highest BCUT2D eigenvalue weighted by Crippen LogP contribution is 2.23. The van der Waals surface area contributed by atoms with Gasteiger partial charge in [-0.25, -0.2) is 4.79 Å². The Morgan fingerprint density at radius 2 is 2.00 bits per heavy atom. The Bertz CT molecular complexity index is 431. The number of carbonyl (C=O) groups is 2. The van der Waals surface area contributed by atoms with Crippen molar-refractivity contribution in [1.82, 2.24) is 0 Å². The second-order valence-corrected chi connectivity index (χ2v) is 4.17. The highest BCUT2D eigenvalue weighted by atomic mass is 16.5. The van der Waals surface area contributed by atoms with Crippen LogP contribution in [0, 0.1) is 0 Å². The molecule has 0 saturated carbocycles. The summed E-state index contributed by atoms with van der Waals surface area (Å²) in [7, 11) is 0. The van der Waals surface area contributed by atoms with Crippen LogP contribution in [0.4, 0.5) is 5.69 Å². The Hall–Kier alpha value is -1.84. The van der Waals surface area contributed by atoms with Crippen LogP contribution in [0.15, 0.2) is 24.3 Å². The van der Waals surface area contributed by atoms with Gasteiger partial charge in [0.05, 0.1) is 6.61 Å². The highest BCUT2D eigenvalue weighted by molar-refractivity contribution is 5.89. The van der Waals surface area contributed by atoms with Crippen LogP contribution in [0.2, 0.25) is 0 Å². The number of rotatable bonds is 7. The number of hydrogen-bond donors (Lipinski definition) is 0. The number of amides is 1. The number of ether oxygens (including phenoxy) is 1. The lowest BCUT2D eigenvalue weighted by atomic mass is 10.1. The van der Waals surface area contributed by atoms with Crippen molar-refractivity contribution in [3.8, 4) is 0 Å². The van der Waals surface area contributed by atoms with Crippen molar-refractivity contribution in [2.75, 3.05) is 11.5 Å². The first-order valence-electron chi connectivity index (χ1n) is 6.67. The Morgan fingerprint density at radius 1 is 1.32 bits per heavy atom. The molecule has 1 aromatic rings. The molecule has 1 amide bonds. The SMILES string of the molecule is CCOC(=O)C(CC)N(C=O)c1ccccc1CC. The zero-order chi connectivity index (χ0) is 14.3. The van der Waals surface area contributed by atoms with Crippen molar-refractivity contribution in [3.05, 3.63) is 29.8 Å². The number of benzene rings is 1. The Kier molecular flexibility index (Phi) is 6.06. The summed E-state index contributed by atoms with van der Waals surface area (Å²) >= 11 is 0. The van der Waals surface area contributed by atoms with Gasteiger partial charge >= 0.3 is 5.97 Å². The normalized spacial score (nSPS) is 11.7. The van der Waals surface area contributed by atoms with Gasteiger partial charge in [0.2, 0.25) is 6.41 Å². The van der Waals surface area contributed by atoms with Crippen molar-refractivity contribution in [3.63, 3.8) is 0 Å². The lowest BCUT2D eigenvalue weighted by Crippen LogP contribution is -2.41. The van der Waals surface area contributed by atoms with Crippen molar-refractivity contribution >= 4 is 18.1 Å². The van der Waals surface area contributed by atoms with Gasteiger partial charge in [0, 0.05) is 5.69 Å². The van der Waals surface area contributed by atoms with Gasteiger partial charge in [-0.3, -0.25) is 4.79 Å². The van der Waals surface area contributed by atoms with E-state index in [1.807, 2.05) is 38.1 Å². The molecule has 0 bridgehead atoms. The van der Waals surface area contributed by atoms with E-state index < -0.39 is 6.04 Å². The first-order chi connectivity index (χ1) is 9.19. The topological polar surface area (TPSA) is 46.6 Å². The predicted octanol–water partition coefficient (Wildman–Crippen LogP) is 2.55. The summed E-state index contributed by atoms with van der Waals surface area (Å²) < 4.78 is 5.03. The molecule has 0 radical (unpaired) electrons. The molecular weight excluding hydrogens is 242 g/mol. The third-order valence-electron chi connectivity index (χ3n) is 3.05. The summed E-state index contributed by atoms with van der Waals surface area (Å²) in [6, 6.07) is 7.04. The monoisotopic (exact) mass is 263 g/mol. The largest absolute Gasteiger partial charge is 0.464 e. The lowest BCUT2D eigenvalue weighted by molar-refractivity contribution is -0.145. The smallest absolute Gasteiger partial charge is 0.329 e. The van der Waals surface area contributed by atoms with Crippen molar-refractivity contribution in [2.45, 2.75) is 39.7 Å². The molecule has 104 valence electrons. The van der Waals surface area contributed by atoms with E-state index in [1.54, 1.807) is 6.92 Å². The molecule has 0 N–H and O–H groups in total. The standard InChI is InChI=1S/C15H21NO3/c1-4-12-9-7-8-10-14(12)16(11-17)13(5-2)15(18)19-6-3/h7-11,13H,4-6H2,1-3H3. The summed E-state index contributed by atoms with van der Waals surface area (Å²) in [6.45, 7) is 5.97. The molecule has 0 spiro atoms. The van der Waals surface area contributed by atoms with Crippen LogP contribution in [0.3, 0.4) is 0 Å². The van der Waals surface area contributed by atoms with Gasteiger partial charge in [-0.05, 0) is 31.4 Å². The third-order valence-corrected chi connectivity index (χ3v) is 3.05. The van der Waals surface area contributed by atoms with E-state index in [1.165, 1.54) is 4.90 Å². The fourth-order valence-corrected chi connectivity index (χ4v) is 2.08. The maximum Gasteiger partial charge on any atom is 0.329 e. The average molecular weight is 263 g/mol. The first-order valence-corrected chi connectivity index (χ1v) is 6.67. The van der Waals surface area contributed by atoms with Gasteiger partial charge < -0.3 is 9.64 Å². The second-order valence-electron chi connectivity index (χ2n) is 4.17. The molecule has 1 aromatic carbocycles. The molecule has 4 nitrogen and oxygen atoms in total. The third kappa shape index (κ3) is 3.56. The fourth-order valence-electron chi connectivity index (χ4n) is 2.08. The number of hydrogen-bond acceptors (Lipinski definition) is 3.